The fourth-order valence-electron chi connectivity index (χ4n) is 1.30. The van der Waals surface area contributed by atoms with E-state index < -0.39 is 28.0 Å². The largest absolute Gasteiger partial charge is 0.421 e. The first-order chi connectivity index (χ1) is 9.51. The highest BCUT2D eigenvalue weighted by Gasteiger charge is 2.20. The third-order valence-corrected chi connectivity index (χ3v) is 2.88. The van der Waals surface area contributed by atoms with Crippen molar-refractivity contribution in [1.29, 1.82) is 0 Å². The van der Waals surface area contributed by atoms with Gasteiger partial charge in [-0.2, -0.15) is 4.39 Å². The number of nitrogens with zero attached hydrogens (tertiary/aromatic N) is 3. The van der Waals surface area contributed by atoms with Gasteiger partial charge in [-0.3, -0.25) is 10.1 Å². The van der Waals surface area contributed by atoms with Crippen molar-refractivity contribution < 1.29 is 18.4 Å². The summed E-state index contributed by atoms with van der Waals surface area (Å²) in [5, 5.41) is 11.0. The normalized spacial score (nSPS) is 10.3. The Kier molecular flexibility index (Phi) is 4.18. The van der Waals surface area contributed by atoms with Gasteiger partial charge < -0.3 is 4.74 Å². The molecule has 0 unspecified atom stereocenters. The topological polar surface area (TPSA) is 78.2 Å². The van der Waals surface area contributed by atoms with Crippen LogP contribution in [0.4, 0.5) is 14.5 Å². The number of ether oxygens (including phenoxy) is 1. The quantitative estimate of drug-likeness (QED) is 0.482. The van der Waals surface area contributed by atoms with Crippen molar-refractivity contribution in [3.05, 3.63) is 51.8 Å². The molecule has 20 heavy (non-hydrogen) atoms. The van der Waals surface area contributed by atoms with Crippen molar-refractivity contribution in [2.45, 2.75) is 5.33 Å². The van der Waals surface area contributed by atoms with Crippen molar-refractivity contribution in [3.8, 4) is 11.8 Å². The fraction of sp³-hybridized carbons (Fsp3) is 0.0909. The first-order valence-electron chi connectivity index (χ1n) is 5.19. The minimum atomic E-state index is -1.21. The maximum atomic E-state index is 13.6. The zero-order chi connectivity index (χ0) is 14.7. The summed E-state index contributed by atoms with van der Waals surface area (Å²) in [7, 11) is 0. The van der Waals surface area contributed by atoms with Gasteiger partial charge in [-0.15, -0.1) is 0 Å². The highest BCUT2D eigenvalue weighted by Crippen LogP contribution is 2.28. The number of nitro groups is 1. The third-order valence-electron chi connectivity index (χ3n) is 2.24. The van der Waals surface area contributed by atoms with Gasteiger partial charge in [0.1, 0.15) is 0 Å². The Labute approximate surface area is 119 Å². The lowest BCUT2D eigenvalue weighted by atomic mass is 10.3. The lowest BCUT2D eigenvalue weighted by Gasteiger charge is -2.05. The van der Waals surface area contributed by atoms with Crippen LogP contribution in [0.3, 0.4) is 0 Å². The zero-order valence-corrected chi connectivity index (χ0v) is 11.3. The molecule has 0 aliphatic carbocycles. The van der Waals surface area contributed by atoms with Crippen molar-refractivity contribution in [2.75, 3.05) is 0 Å². The number of rotatable bonds is 4. The molecule has 1 aromatic carbocycles. The Morgan fingerprint density at radius 1 is 1.25 bits per heavy atom. The van der Waals surface area contributed by atoms with Gasteiger partial charge in [-0.05, 0) is 5.56 Å². The predicted octanol–water partition coefficient (Wildman–Crippen LogP) is 3.35. The molecule has 0 radical (unpaired) electrons. The molecule has 0 amide bonds. The summed E-state index contributed by atoms with van der Waals surface area (Å²) in [4.78, 5) is 17.0. The van der Waals surface area contributed by atoms with Gasteiger partial charge in [0.25, 0.3) is 0 Å². The van der Waals surface area contributed by atoms with Gasteiger partial charge in [0.15, 0.2) is 11.6 Å². The average Bonchev–Trinajstić information content (AvgIpc) is 2.43. The number of aromatic nitrogens is 2. The molecular formula is C11H6BrF2N3O3. The molecule has 0 spiro atoms. The van der Waals surface area contributed by atoms with E-state index in [0.29, 0.717) is 17.5 Å². The third kappa shape index (κ3) is 3.05. The number of nitro benzene ring substituents is 1. The SMILES string of the molecule is O=[N+]([O-])c1cc(F)c(Oc2ncc(CBr)cn2)cc1F. The number of hydrogen-bond donors (Lipinski definition) is 0. The molecule has 1 heterocycles. The van der Waals surface area contributed by atoms with Crippen molar-refractivity contribution in [2.24, 2.45) is 0 Å². The summed E-state index contributed by atoms with van der Waals surface area (Å²) in [6.45, 7) is 0. The van der Waals surface area contributed by atoms with Crippen LogP contribution < -0.4 is 4.74 Å². The fourth-order valence-corrected chi connectivity index (χ4v) is 1.59. The average molecular weight is 346 g/mol. The maximum absolute atomic E-state index is 13.6. The number of benzene rings is 1. The second kappa shape index (κ2) is 5.87. The van der Waals surface area contributed by atoms with Gasteiger partial charge in [0.2, 0.25) is 5.82 Å². The Hall–Kier alpha value is -2.16. The summed E-state index contributed by atoms with van der Waals surface area (Å²) in [5.41, 5.74) is -0.196. The summed E-state index contributed by atoms with van der Waals surface area (Å²) in [5.74, 6) is -2.81. The van der Waals surface area contributed by atoms with E-state index in [1.54, 1.807) is 0 Å². The first-order valence-corrected chi connectivity index (χ1v) is 6.31. The van der Waals surface area contributed by atoms with Crippen molar-refractivity contribution in [1.82, 2.24) is 9.97 Å². The van der Waals surface area contributed by atoms with E-state index in [4.69, 9.17) is 4.74 Å². The summed E-state index contributed by atoms with van der Waals surface area (Å²) < 4.78 is 31.9. The Morgan fingerprint density at radius 2 is 1.90 bits per heavy atom. The number of halogens is 3. The van der Waals surface area contributed by atoms with Gasteiger partial charge in [0.05, 0.1) is 11.0 Å². The molecule has 6 nitrogen and oxygen atoms in total. The molecule has 0 saturated heterocycles. The summed E-state index contributed by atoms with van der Waals surface area (Å²) >= 11 is 3.20. The minimum absolute atomic E-state index is 0.193. The van der Waals surface area contributed by atoms with Crippen LogP contribution >= 0.6 is 15.9 Å². The van der Waals surface area contributed by atoms with Crippen LogP contribution in [0.2, 0.25) is 0 Å². The van der Waals surface area contributed by atoms with Gasteiger partial charge in [-0.1, -0.05) is 15.9 Å². The molecule has 0 N–H and O–H groups in total. The minimum Gasteiger partial charge on any atom is -0.421 e. The van der Waals surface area contributed by atoms with Crippen LogP contribution in [-0.2, 0) is 5.33 Å². The zero-order valence-electron chi connectivity index (χ0n) is 9.72. The van der Waals surface area contributed by atoms with Crippen molar-refractivity contribution in [3.63, 3.8) is 0 Å². The Bertz CT molecular complexity index is 652. The van der Waals surface area contributed by atoms with Gasteiger partial charge >= 0.3 is 11.7 Å². The van der Waals surface area contributed by atoms with E-state index in [1.165, 1.54) is 12.4 Å². The first kappa shape index (κ1) is 14.3. The second-order valence-corrected chi connectivity index (χ2v) is 4.16. The van der Waals surface area contributed by atoms with Crippen LogP contribution in [-0.4, -0.2) is 14.9 Å². The Balaban J connectivity index is 2.29. The molecule has 0 bridgehead atoms. The summed E-state index contributed by atoms with van der Waals surface area (Å²) in [6.07, 6.45) is 2.88. The summed E-state index contributed by atoms with van der Waals surface area (Å²) in [6, 6.07) is 0.828. The lowest BCUT2D eigenvalue weighted by molar-refractivity contribution is -0.387. The molecule has 0 aliphatic heterocycles. The molecule has 0 aliphatic rings. The van der Waals surface area contributed by atoms with E-state index in [1.807, 2.05) is 0 Å². The molecule has 1 aromatic heterocycles. The monoisotopic (exact) mass is 345 g/mol. The maximum Gasteiger partial charge on any atom is 0.321 e. The smallest absolute Gasteiger partial charge is 0.321 e. The molecular weight excluding hydrogens is 340 g/mol. The molecule has 104 valence electrons. The standard InChI is InChI=1S/C11H6BrF2N3O3/c12-3-6-4-15-11(16-5-6)20-10-2-7(13)9(17(18)19)1-8(10)14/h1-2,4-5H,3H2. The van der Waals surface area contributed by atoms with Crippen LogP contribution in [0.15, 0.2) is 24.5 Å². The molecule has 0 fully saturated rings. The van der Waals surface area contributed by atoms with E-state index >= 15 is 0 Å². The van der Waals surface area contributed by atoms with E-state index in [-0.39, 0.29) is 6.01 Å². The number of alkyl halides is 1. The molecule has 2 aromatic rings. The van der Waals surface area contributed by atoms with E-state index in [2.05, 4.69) is 25.9 Å². The lowest BCUT2D eigenvalue weighted by Crippen LogP contribution is -1.98. The highest BCUT2D eigenvalue weighted by molar-refractivity contribution is 9.08. The van der Waals surface area contributed by atoms with Gasteiger partial charge in [0, 0.05) is 23.8 Å². The van der Waals surface area contributed by atoms with Crippen LogP contribution in [0, 0.1) is 21.7 Å². The van der Waals surface area contributed by atoms with Crippen LogP contribution in [0.25, 0.3) is 0 Å². The molecule has 9 heteroatoms. The molecule has 0 atom stereocenters. The van der Waals surface area contributed by atoms with E-state index in [9.17, 15) is 18.9 Å². The van der Waals surface area contributed by atoms with Crippen LogP contribution in [0.1, 0.15) is 5.56 Å². The van der Waals surface area contributed by atoms with Crippen LogP contribution in [0.5, 0.6) is 11.8 Å². The van der Waals surface area contributed by atoms with E-state index in [0.717, 1.165) is 5.56 Å². The molecule has 2 rings (SSSR count). The Morgan fingerprint density at radius 3 is 2.45 bits per heavy atom. The molecule has 0 saturated carbocycles. The number of hydrogen-bond acceptors (Lipinski definition) is 5. The van der Waals surface area contributed by atoms with Crippen molar-refractivity contribution >= 4 is 21.6 Å². The van der Waals surface area contributed by atoms with Gasteiger partial charge in [-0.25, -0.2) is 14.4 Å². The predicted molar refractivity (Wildman–Crippen MR) is 67.7 cm³/mol. The second-order valence-electron chi connectivity index (χ2n) is 3.60. The highest BCUT2D eigenvalue weighted by atomic mass is 79.9.